The molecule has 0 aromatic heterocycles. The molecule has 4 unspecified atom stereocenters. The highest BCUT2D eigenvalue weighted by atomic mass is 16.6. The van der Waals surface area contributed by atoms with Gasteiger partial charge in [-0.1, -0.05) is 34.6 Å². The molecule has 0 aromatic carbocycles. The molecule has 2 N–H and O–H groups in total. The SMILES string of the molecule is CC(C)N1CCN(CCNC(=O)O[C@H]2CC[C@]34CC35CC[C@]3(C)[C@@H]6C(OCC[C@H]6C)[C@H](O)C3(C)C5CC[C@H]4C2(C)C)CC1. The lowest BCUT2D eigenvalue weighted by molar-refractivity contribution is -0.182. The van der Waals surface area contributed by atoms with Gasteiger partial charge in [0.2, 0.25) is 0 Å². The number of carbonyl (C=O) groups is 1. The zero-order chi connectivity index (χ0) is 30.6. The number of aliphatic hydroxyl groups is 1. The van der Waals surface area contributed by atoms with Crippen LogP contribution in [0.25, 0.3) is 0 Å². The van der Waals surface area contributed by atoms with Gasteiger partial charge in [0.25, 0.3) is 0 Å². The van der Waals surface area contributed by atoms with Crippen molar-refractivity contribution < 1.29 is 19.4 Å². The maximum absolute atomic E-state index is 13.0. The number of nitrogens with one attached hydrogen (secondary N) is 1. The van der Waals surface area contributed by atoms with E-state index in [4.69, 9.17) is 9.47 Å². The van der Waals surface area contributed by atoms with Gasteiger partial charge >= 0.3 is 6.09 Å². The summed E-state index contributed by atoms with van der Waals surface area (Å²) in [4.78, 5) is 18.0. The van der Waals surface area contributed by atoms with Gasteiger partial charge in [-0.05, 0) is 105 Å². The van der Waals surface area contributed by atoms with Crippen LogP contribution in [0.15, 0.2) is 0 Å². The Morgan fingerprint density at radius 3 is 2.40 bits per heavy atom. The lowest BCUT2D eigenvalue weighted by Crippen LogP contribution is -2.60. The van der Waals surface area contributed by atoms with Crippen molar-refractivity contribution in [1.82, 2.24) is 15.1 Å². The third kappa shape index (κ3) is 4.15. The number of amides is 1. The molecule has 2 saturated heterocycles. The van der Waals surface area contributed by atoms with Crippen LogP contribution in [-0.2, 0) is 9.47 Å². The molecule has 5 aliphatic carbocycles. The predicted octanol–water partition coefficient (Wildman–Crippen LogP) is 5.55. The second kappa shape index (κ2) is 10.3. The van der Waals surface area contributed by atoms with Gasteiger partial charge in [-0.25, -0.2) is 4.79 Å². The first-order valence-electron chi connectivity index (χ1n) is 18.0. The summed E-state index contributed by atoms with van der Waals surface area (Å²) in [5, 5.41) is 15.2. The predicted molar refractivity (Wildman–Crippen MR) is 169 cm³/mol. The highest BCUT2D eigenvalue weighted by molar-refractivity contribution is 5.67. The Morgan fingerprint density at radius 2 is 1.67 bits per heavy atom. The summed E-state index contributed by atoms with van der Waals surface area (Å²) in [5.41, 5.74) is 0.689. The number of hydrogen-bond donors (Lipinski definition) is 2. The molecule has 2 spiro atoms. The Balaban J connectivity index is 1.00. The summed E-state index contributed by atoms with van der Waals surface area (Å²) >= 11 is 0. The van der Waals surface area contributed by atoms with Crippen molar-refractivity contribution in [3.63, 3.8) is 0 Å². The standard InChI is InChI=1S/C36H61N3O4/c1-23(2)39-19-17-38(18-20-39)16-15-37-31(41)43-27-10-12-35-22-36(35)14-13-33(6)28-24(3)11-21-42-29(28)30(40)34(33,7)26(36)9-8-25(35)32(27,4)5/h23-30,40H,8-22H2,1-7H3,(H,37,41)/t24-,25+,26?,27+,28+,29?,30+,33-,34?,35-,36?/m1/s1. The Morgan fingerprint density at radius 1 is 0.977 bits per heavy atom. The lowest BCUT2D eigenvalue weighted by atomic mass is 9.41. The zero-order valence-corrected chi connectivity index (χ0v) is 28.3. The molecule has 7 rings (SSSR count). The van der Waals surface area contributed by atoms with Crippen LogP contribution >= 0.6 is 0 Å². The molecule has 43 heavy (non-hydrogen) atoms. The van der Waals surface area contributed by atoms with E-state index in [0.717, 1.165) is 52.2 Å². The fourth-order valence-electron chi connectivity index (χ4n) is 13.3. The van der Waals surface area contributed by atoms with E-state index in [9.17, 15) is 9.90 Å². The van der Waals surface area contributed by atoms with E-state index in [0.29, 0.717) is 47.1 Å². The van der Waals surface area contributed by atoms with Gasteiger partial charge < -0.3 is 19.9 Å². The molecule has 11 atom stereocenters. The quantitative estimate of drug-likeness (QED) is 0.432. The lowest BCUT2D eigenvalue weighted by Gasteiger charge is -2.63. The molecule has 7 fully saturated rings. The average Bonchev–Trinajstić information content (AvgIpc) is 3.60. The van der Waals surface area contributed by atoms with E-state index in [2.05, 4.69) is 63.6 Å². The number of alkyl carbamates (subject to hydrolysis) is 1. The Hall–Kier alpha value is -0.890. The van der Waals surface area contributed by atoms with Crippen LogP contribution in [0.4, 0.5) is 4.79 Å². The van der Waals surface area contributed by atoms with Crippen LogP contribution in [0.1, 0.15) is 99.8 Å². The number of hydrogen-bond acceptors (Lipinski definition) is 6. The molecule has 0 aromatic rings. The molecular formula is C36H61N3O4. The largest absolute Gasteiger partial charge is 0.446 e. The fraction of sp³-hybridized carbons (Fsp3) is 0.972. The van der Waals surface area contributed by atoms with Crippen LogP contribution in [-0.4, -0.2) is 91.2 Å². The van der Waals surface area contributed by atoms with Gasteiger partial charge in [-0.15, -0.1) is 0 Å². The van der Waals surface area contributed by atoms with Gasteiger partial charge in [-0.3, -0.25) is 9.80 Å². The number of piperazine rings is 1. The summed E-state index contributed by atoms with van der Waals surface area (Å²) < 4.78 is 12.6. The van der Waals surface area contributed by atoms with Crippen LogP contribution in [0.3, 0.4) is 0 Å². The van der Waals surface area contributed by atoms with E-state index in [1.54, 1.807) is 0 Å². The van der Waals surface area contributed by atoms with Gasteiger partial charge in [0.05, 0.1) is 12.2 Å². The highest BCUT2D eigenvalue weighted by Crippen LogP contribution is 2.89. The van der Waals surface area contributed by atoms with Gasteiger partial charge in [0, 0.05) is 62.7 Å². The van der Waals surface area contributed by atoms with Gasteiger partial charge in [0.1, 0.15) is 6.10 Å². The summed E-state index contributed by atoms with van der Waals surface area (Å²) in [6.07, 6.45) is 8.83. The van der Waals surface area contributed by atoms with Crippen LogP contribution < -0.4 is 5.32 Å². The summed E-state index contributed by atoms with van der Waals surface area (Å²) in [7, 11) is 0. The molecule has 2 aliphatic heterocycles. The third-order valence-electron chi connectivity index (χ3n) is 15.8. The maximum atomic E-state index is 13.0. The van der Waals surface area contributed by atoms with Crippen molar-refractivity contribution in [3.8, 4) is 0 Å². The minimum absolute atomic E-state index is 0.00468. The highest BCUT2D eigenvalue weighted by Gasteiger charge is 2.84. The van der Waals surface area contributed by atoms with E-state index in [1.807, 2.05) is 0 Å². The van der Waals surface area contributed by atoms with Crippen molar-refractivity contribution >= 4 is 6.09 Å². The first-order valence-corrected chi connectivity index (χ1v) is 18.0. The first kappa shape index (κ1) is 30.7. The minimum Gasteiger partial charge on any atom is -0.446 e. The number of nitrogens with zero attached hydrogens (tertiary/aromatic N) is 2. The van der Waals surface area contributed by atoms with Crippen LogP contribution in [0.2, 0.25) is 0 Å². The smallest absolute Gasteiger partial charge is 0.407 e. The maximum Gasteiger partial charge on any atom is 0.407 e. The molecule has 7 heteroatoms. The Labute approximate surface area is 261 Å². The molecule has 244 valence electrons. The first-order chi connectivity index (χ1) is 20.3. The van der Waals surface area contributed by atoms with Crippen molar-refractivity contribution in [2.45, 2.75) is 124 Å². The fourth-order valence-corrected chi connectivity index (χ4v) is 13.3. The van der Waals surface area contributed by atoms with E-state index in [1.165, 1.54) is 38.5 Å². The number of carbonyl (C=O) groups excluding carboxylic acids is 1. The van der Waals surface area contributed by atoms with Gasteiger partial charge in [-0.2, -0.15) is 0 Å². The second-order valence-corrected chi connectivity index (χ2v) is 17.6. The monoisotopic (exact) mass is 599 g/mol. The van der Waals surface area contributed by atoms with Crippen molar-refractivity contribution in [1.29, 1.82) is 0 Å². The Kier molecular flexibility index (Phi) is 7.37. The number of ether oxygens (including phenoxy) is 2. The van der Waals surface area contributed by atoms with E-state index in [-0.39, 0.29) is 40.7 Å². The van der Waals surface area contributed by atoms with Crippen molar-refractivity contribution in [2.24, 2.45) is 50.7 Å². The summed E-state index contributed by atoms with van der Waals surface area (Å²) in [6, 6.07) is 0.604. The number of aliphatic hydroxyl groups excluding tert-OH is 1. The Bertz CT molecular complexity index is 1090. The molecule has 2 heterocycles. The van der Waals surface area contributed by atoms with Crippen molar-refractivity contribution in [3.05, 3.63) is 0 Å². The summed E-state index contributed by atoms with van der Waals surface area (Å²) in [6.45, 7) is 23.4. The topological polar surface area (TPSA) is 74.3 Å². The van der Waals surface area contributed by atoms with Crippen LogP contribution in [0, 0.1) is 50.7 Å². The molecule has 0 bridgehead atoms. The van der Waals surface area contributed by atoms with E-state index < -0.39 is 0 Å². The van der Waals surface area contributed by atoms with Crippen molar-refractivity contribution in [2.75, 3.05) is 45.9 Å². The average molecular weight is 600 g/mol. The molecule has 7 nitrogen and oxygen atoms in total. The summed E-state index contributed by atoms with van der Waals surface area (Å²) in [5.74, 6) is 2.22. The van der Waals surface area contributed by atoms with Gasteiger partial charge in [0.15, 0.2) is 0 Å². The minimum atomic E-state index is -0.364. The van der Waals surface area contributed by atoms with E-state index >= 15 is 0 Å². The van der Waals surface area contributed by atoms with Crippen LogP contribution in [0.5, 0.6) is 0 Å². The molecule has 0 radical (unpaired) electrons. The molecule has 1 amide bonds. The normalized spacial score (nSPS) is 50.6. The molecular weight excluding hydrogens is 538 g/mol. The second-order valence-electron chi connectivity index (χ2n) is 17.6. The zero-order valence-electron chi connectivity index (χ0n) is 28.3. The number of rotatable bonds is 5. The number of fused-ring (bicyclic) bond motifs is 4. The molecule has 7 aliphatic rings. The third-order valence-corrected chi connectivity index (χ3v) is 15.8. The molecule has 5 saturated carbocycles.